The molecule has 1 aromatic rings. The monoisotopic (exact) mass is 246 g/mol. The van der Waals surface area contributed by atoms with Crippen molar-refractivity contribution >= 4 is 5.91 Å². The number of carbonyl (C=O) groups excluding carboxylic acids is 1. The van der Waals surface area contributed by atoms with Gasteiger partial charge in [-0.05, 0) is 31.4 Å². The van der Waals surface area contributed by atoms with Crippen LogP contribution in [0.15, 0.2) is 24.3 Å². The Morgan fingerprint density at radius 3 is 2.56 bits per heavy atom. The molecule has 1 aromatic carbocycles. The number of hydrogen-bond donors (Lipinski definition) is 2. The smallest absolute Gasteiger partial charge is 0.252 e. The van der Waals surface area contributed by atoms with E-state index in [2.05, 4.69) is 5.32 Å². The van der Waals surface area contributed by atoms with E-state index in [-0.39, 0.29) is 11.4 Å². The van der Waals surface area contributed by atoms with Gasteiger partial charge in [0.15, 0.2) is 0 Å². The second kappa shape index (κ2) is 5.53. The number of aryl methyl sites for hydroxylation is 1. The summed E-state index contributed by atoms with van der Waals surface area (Å²) in [4.78, 5) is 12.3. The summed E-state index contributed by atoms with van der Waals surface area (Å²) in [5.41, 5.74) is 7.48. The highest BCUT2D eigenvalue weighted by atomic mass is 16.1. The Bertz CT molecular complexity index is 422. The fourth-order valence-corrected chi connectivity index (χ4v) is 2.74. The minimum Gasteiger partial charge on any atom is -0.345 e. The normalized spacial score (nSPS) is 18.3. The molecule has 0 spiro atoms. The molecular weight excluding hydrogens is 224 g/mol. The maximum Gasteiger partial charge on any atom is 0.252 e. The largest absolute Gasteiger partial charge is 0.345 e. The van der Waals surface area contributed by atoms with Crippen LogP contribution in [-0.4, -0.2) is 18.0 Å². The van der Waals surface area contributed by atoms with Gasteiger partial charge in [-0.1, -0.05) is 37.5 Å². The van der Waals surface area contributed by atoms with E-state index < -0.39 is 0 Å². The number of hydrogen-bond acceptors (Lipinski definition) is 2. The lowest BCUT2D eigenvalue weighted by Gasteiger charge is -2.37. The predicted molar refractivity (Wildman–Crippen MR) is 73.5 cm³/mol. The first-order chi connectivity index (χ1) is 8.67. The van der Waals surface area contributed by atoms with Gasteiger partial charge in [0.2, 0.25) is 0 Å². The molecule has 1 amide bonds. The zero-order valence-corrected chi connectivity index (χ0v) is 11.0. The first kappa shape index (κ1) is 13.1. The van der Waals surface area contributed by atoms with E-state index in [9.17, 15) is 4.79 Å². The Hall–Kier alpha value is -1.35. The van der Waals surface area contributed by atoms with E-state index >= 15 is 0 Å². The summed E-state index contributed by atoms with van der Waals surface area (Å²) in [7, 11) is 0. The molecule has 1 aliphatic rings. The highest BCUT2D eigenvalue weighted by Crippen LogP contribution is 2.27. The quantitative estimate of drug-likeness (QED) is 0.860. The SMILES string of the molecule is Cc1ccccc1C(=O)NC1(CN)CCCCC1. The summed E-state index contributed by atoms with van der Waals surface area (Å²) in [6.45, 7) is 2.50. The zero-order valence-electron chi connectivity index (χ0n) is 11.0. The van der Waals surface area contributed by atoms with Gasteiger partial charge in [0.05, 0.1) is 5.54 Å². The average Bonchev–Trinajstić information content (AvgIpc) is 2.40. The molecule has 3 nitrogen and oxygen atoms in total. The maximum absolute atomic E-state index is 12.3. The molecule has 0 unspecified atom stereocenters. The number of benzene rings is 1. The van der Waals surface area contributed by atoms with Crippen molar-refractivity contribution in [3.8, 4) is 0 Å². The Balaban J connectivity index is 2.13. The van der Waals surface area contributed by atoms with E-state index in [1.54, 1.807) is 0 Å². The molecule has 3 heteroatoms. The van der Waals surface area contributed by atoms with Gasteiger partial charge in [0.1, 0.15) is 0 Å². The number of rotatable bonds is 3. The molecule has 0 atom stereocenters. The van der Waals surface area contributed by atoms with Crippen molar-refractivity contribution in [2.45, 2.75) is 44.6 Å². The first-order valence-corrected chi connectivity index (χ1v) is 6.75. The third-order valence-electron chi connectivity index (χ3n) is 3.97. The fourth-order valence-electron chi connectivity index (χ4n) is 2.74. The molecule has 0 saturated heterocycles. The molecule has 2 rings (SSSR count). The third kappa shape index (κ3) is 2.72. The summed E-state index contributed by atoms with van der Waals surface area (Å²) < 4.78 is 0. The summed E-state index contributed by atoms with van der Waals surface area (Å²) in [5, 5.41) is 3.18. The molecule has 0 aromatic heterocycles. The Morgan fingerprint density at radius 1 is 1.28 bits per heavy atom. The Morgan fingerprint density at radius 2 is 1.94 bits per heavy atom. The number of amides is 1. The first-order valence-electron chi connectivity index (χ1n) is 6.75. The minimum atomic E-state index is -0.183. The van der Waals surface area contributed by atoms with Crippen LogP contribution in [0, 0.1) is 6.92 Å². The van der Waals surface area contributed by atoms with E-state index in [0.717, 1.165) is 36.8 Å². The zero-order chi connectivity index (χ0) is 13.0. The lowest BCUT2D eigenvalue weighted by Crippen LogP contribution is -2.54. The van der Waals surface area contributed by atoms with Crippen LogP contribution in [0.25, 0.3) is 0 Å². The van der Waals surface area contributed by atoms with Crippen LogP contribution in [0.3, 0.4) is 0 Å². The van der Waals surface area contributed by atoms with Crippen molar-refractivity contribution in [2.24, 2.45) is 5.73 Å². The molecule has 3 N–H and O–H groups in total. The van der Waals surface area contributed by atoms with E-state index in [4.69, 9.17) is 5.73 Å². The molecule has 98 valence electrons. The molecule has 1 fully saturated rings. The van der Waals surface area contributed by atoms with Gasteiger partial charge in [-0.15, -0.1) is 0 Å². The number of nitrogens with one attached hydrogen (secondary N) is 1. The van der Waals surface area contributed by atoms with E-state index in [0.29, 0.717) is 6.54 Å². The second-order valence-electron chi connectivity index (χ2n) is 5.31. The molecule has 1 aliphatic carbocycles. The van der Waals surface area contributed by atoms with E-state index in [1.807, 2.05) is 31.2 Å². The van der Waals surface area contributed by atoms with Crippen molar-refractivity contribution in [3.63, 3.8) is 0 Å². The summed E-state index contributed by atoms with van der Waals surface area (Å²) >= 11 is 0. The van der Waals surface area contributed by atoms with Crippen LogP contribution >= 0.6 is 0 Å². The minimum absolute atomic E-state index is 0.0143. The number of nitrogens with two attached hydrogens (primary N) is 1. The van der Waals surface area contributed by atoms with E-state index in [1.165, 1.54) is 6.42 Å². The summed E-state index contributed by atoms with van der Waals surface area (Å²) in [6.07, 6.45) is 5.57. The molecule has 0 radical (unpaired) electrons. The molecule has 18 heavy (non-hydrogen) atoms. The van der Waals surface area contributed by atoms with Gasteiger partial charge < -0.3 is 11.1 Å². The van der Waals surface area contributed by atoms with Gasteiger partial charge in [0, 0.05) is 12.1 Å². The van der Waals surface area contributed by atoms with Crippen molar-refractivity contribution in [3.05, 3.63) is 35.4 Å². The van der Waals surface area contributed by atoms with Crippen LogP contribution in [0.2, 0.25) is 0 Å². The van der Waals surface area contributed by atoms with Crippen LogP contribution in [0.1, 0.15) is 48.0 Å². The standard InChI is InChI=1S/C15H22N2O/c1-12-7-3-4-8-13(12)14(18)17-15(11-16)9-5-2-6-10-15/h3-4,7-8H,2,5-6,9-11,16H2,1H3,(H,17,18). The molecular formula is C15H22N2O. The average molecular weight is 246 g/mol. The molecule has 0 heterocycles. The third-order valence-corrected chi connectivity index (χ3v) is 3.97. The second-order valence-corrected chi connectivity index (χ2v) is 5.31. The predicted octanol–water partition coefficient (Wildman–Crippen LogP) is 2.39. The summed E-state index contributed by atoms with van der Waals surface area (Å²) in [6, 6.07) is 7.69. The molecule has 0 aliphatic heterocycles. The van der Waals surface area contributed by atoms with Crippen LogP contribution in [0.5, 0.6) is 0 Å². The van der Waals surface area contributed by atoms with Crippen molar-refractivity contribution in [2.75, 3.05) is 6.54 Å². The molecule has 0 bridgehead atoms. The van der Waals surface area contributed by atoms with Crippen LogP contribution in [-0.2, 0) is 0 Å². The number of carbonyl (C=O) groups is 1. The topological polar surface area (TPSA) is 55.1 Å². The lowest BCUT2D eigenvalue weighted by molar-refractivity contribution is 0.0874. The van der Waals surface area contributed by atoms with Gasteiger partial charge >= 0.3 is 0 Å². The van der Waals surface area contributed by atoms with Crippen LogP contribution in [0.4, 0.5) is 0 Å². The Labute approximate surface area is 109 Å². The van der Waals surface area contributed by atoms with Crippen molar-refractivity contribution in [1.82, 2.24) is 5.32 Å². The highest BCUT2D eigenvalue weighted by molar-refractivity contribution is 5.96. The van der Waals surface area contributed by atoms with Gasteiger partial charge in [-0.2, -0.15) is 0 Å². The molecule has 1 saturated carbocycles. The van der Waals surface area contributed by atoms with Gasteiger partial charge in [-0.25, -0.2) is 0 Å². The van der Waals surface area contributed by atoms with Gasteiger partial charge in [0.25, 0.3) is 5.91 Å². The lowest BCUT2D eigenvalue weighted by atomic mass is 9.81. The Kier molecular flexibility index (Phi) is 4.02. The summed E-state index contributed by atoms with van der Waals surface area (Å²) in [5.74, 6) is 0.0143. The van der Waals surface area contributed by atoms with Crippen LogP contribution < -0.4 is 11.1 Å². The van der Waals surface area contributed by atoms with Crippen molar-refractivity contribution < 1.29 is 4.79 Å². The fraction of sp³-hybridized carbons (Fsp3) is 0.533. The van der Waals surface area contributed by atoms with Gasteiger partial charge in [-0.3, -0.25) is 4.79 Å². The maximum atomic E-state index is 12.3. The van der Waals surface area contributed by atoms with Crippen molar-refractivity contribution in [1.29, 1.82) is 0 Å². The highest BCUT2D eigenvalue weighted by Gasteiger charge is 2.32.